The number of benzene rings is 5. The number of rotatable bonds is 4. The molecular formula is C31H24O2. The zero-order valence-electron chi connectivity index (χ0n) is 18.5. The molecule has 0 heterocycles. The Hall–Kier alpha value is -3.88. The number of phenolic OH excluding ortho intramolecular Hbond substituents is 1. The van der Waals surface area contributed by atoms with Crippen LogP contribution in [-0.4, -0.2) is 12.2 Å². The Bertz CT molecular complexity index is 1440. The lowest BCUT2D eigenvalue weighted by molar-refractivity contribution is 0.182. The summed E-state index contributed by atoms with van der Waals surface area (Å²) in [7, 11) is 1.67. The van der Waals surface area contributed by atoms with E-state index in [1.54, 1.807) is 7.11 Å². The minimum atomic E-state index is -0.510. The highest BCUT2D eigenvalue weighted by molar-refractivity contribution is 5.97. The van der Waals surface area contributed by atoms with E-state index in [9.17, 15) is 5.11 Å². The molecule has 33 heavy (non-hydrogen) atoms. The second-order valence-electron chi connectivity index (χ2n) is 8.62. The molecule has 1 aliphatic rings. The Morgan fingerprint density at radius 3 is 1.82 bits per heavy atom. The van der Waals surface area contributed by atoms with Gasteiger partial charge in [-0.1, -0.05) is 103 Å². The highest BCUT2D eigenvalue weighted by atomic mass is 16.5. The van der Waals surface area contributed by atoms with Gasteiger partial charge in [0.2, 0.25) is 0 Å². The molecule has 6 rings (SSSR count). The summed E-state index contributed by atoms with van der Waals surface area (Å²) in [6, 6.07) is 38.4. The van der Waals surface area contributed by atoms with Crippen LogP contribution in [0.3, 0.4) is 0 Å². The maximum atomic E-state index is 11.1. The average molecular weight is 429 g/mol. The third-order valence-electron chi connectivity index (χ3n) is 6.96. The molecular weight excluding hydrogens is 404 g/mol. The topological polar surface area (TPSA) is 29.5 Å². The Kier molecular flexibility index (Phi) is 4.56. The minimum Gasteiger partial charge on any atom is -0.507 e. The Morgan fingerprint density at radius 1 is 0.636 bits per heavy atom. The van der Waals surface area contributed by atoms with Crippen molar-refractivity contribution in [2.75, 3.05) is 7.11 Å². The first-order valence-corrected chi connectivity index (χ1v) is 11.2. The molecule has 1 aliphatic carbocycles. The van der Waals surface area contributed by atoms with Gasteiger partial charge in [0.05, 0.1) is 12.0 Å². The van der Waals surface area contributed by atoms with E-state index in [-0.39, 0.29) is 0 Å². The van der Waals surface area contributed by atoms with Gasteiger partial charge in [-0.2, -0.15) is 0 Å². The van der Waals surface area contributed by atoms with Crippen LogP contribution in [0.2, 0.25) is 0 Å². The van der Waals surface area contributed by atoms with Crippen molar-refractivity contribution in [3.63, 3.8) is 0 Å². The molecule has 0 bridgehead atoms. The number of hydrogen-bond donors (Lipinski definition) is 1. The molecule has 0 aliphatic heterocycles. The Labute approximate surface area is 193 Å². The quantitative estimate of drug-likeness (QED) is 0.326. The van der Waals surface area contributed by atoms with E-state index < -0.39 is 5.41 Å². The van der Waals surface area contributed by atoms with Crippen molar-refractivity contribution < 1.29 is 9.84 Å². The summed E-state index contributed by atoms with van der Waals surface area (Å²) in [6.45, 7) is 0.345. The molecule has 160 valence electrons. The van der Waals surface area contributed by atoms with Gasteiger partial charge >= 0.3 is 0 Å². The molecule has 5 aromatic rings. The molecule has 0 saturated carbocycles. The molecule has 5 aromatic carbocycles. The number of methoxy groups -OCH3 is 1. The van der Waals surface area contributed by atoms with Gasteiger partial charge in [0.25, 0.3) is 0 Å². The summed E-state index contributed by atoms with van der Waals surface area (Å²) in [5.41, 5.74) is 7.68. The first-order valence-electron chi connectivity index (χ1n) is 11.2. The van der Waals surface area contributed by atoms with Crippen LogP contribution in [0.5, 0.6) is 5.75 Å². The average Bonchev–Trinajstić information content (AvgIpc) is 3.18. The fourth-order valence-corrected chi connectivity index (χ4v) is 5.67. The summed E-state index contributed by atoms with van der Waals surface area (Å²) in [5.74, 6) is 0.291. The van der Waals surface area contributed by atoms with E-state index in [2.05, 4.69) is 91.0 Å². The first-order chi connectivity index (χ1) is 16.3. The van der Waals surface area contributed by atoms with E-state index in [1.165, 1.54) is 27.8 Å². The standard InChI is InChI=1S/C31H24O2/c1-33-20-21-19-29(25-15-5-6-16-26(25)30(21)32)31(22-11-3-2-4-12-22)27-17-9-7-13-23(27)24-14-8-10-18-28(24)31/h2-19,32H,20H2,1H3. The van der Waals surface area contributed by atoms with Crippen LogP contribution in [0.25, 0.3) is 21.9 Å². The van der Waals surface area contributed by atoms with E-state index in [0.29, 0.717) is 12.4 Å². The van der Waals surface area contributed by atoms with Crippen LogP contribution in [0.4, 0.5) is 0 Å². The van der Waals surface area contributed by atoms with Crippen LogP contribution < -0.4 is 0 Å². The molecule has 1 N–H and O–H groups in total. The van der Waals surface area contributed by atoms with Crippen molar-refractivity contribution in [1.29, 1.82) is 0 Å². The maximum Gasteiger partial charge on any atom is 0.128 e. The largest absolute Gasteiger partial charge is 0.507 e. The fraction of sp³-hybridized carbons (Fsp3) is 0.0968. The molecule has 2 nitrogen and oxygen atoms in total. The van der Waals surface area contributed by atoms with Gasteiger partial charge in [0, 0.05) is 18.1 Å². The normalized spacial score (nSPS) is 13.6. The highest BCUT2D eigenvalue weighted by Gasteiger charge is 2.46. The number of phenols is 1. The van der Waals surface area contributed by atoms with Crippen LogP contribution in [0.15, 0.2) is 109 Å². The fourth-order valence-electron chi connectivity index (χ4n) is 5.67. The minimum absolute atomic E-state index is 0.291. The zero-order valence-corrected chi connectivity index (χ0v) is 18.5. The molecule has 0 amide bonds. The number of hydrogen-bond acceptors (Lipinski definition) is 2. The molecule has 0 fully saturated rings. The van der Waals surface area contributed by atoms with Crippen molar-refractivity contribution in [3.05, 3.63) is 137 Å². The first kappa shape index (κ1) is 19.8. The summed E-state index contributed by atoms with van der Waals surface area (Å²) in [6.07, 6.45) is 0. The molecule has 0 unspecified atom stereocenters. The van der Waals surface area contributed by atoms with Crippen LogP contribution in [0.1, 0.15) is 27.8 Å². The predicted octanol–water partition coefficient (Wildman–Crippen LogP) is 7.05. The van der Waals surface area contributed by atoms with Crippen LogP contribution >= 0.6 is 0 Å². The number of ether oxygens (including phenoxy) is 1. The molecule has 0 aromatic heterocycles. The van der Waals surface area contributed by atoms with E-state index in [1.807, 2.05) is 18.2 Å². The van der Waals surface area contributed by atoms with Crippen molar-refractivity contribution in [3.8, 4) is 16.9 Å². The highest BCUT2D eigenvalue weighted by Crippen LogP contribution is 2.57. The third-order valence-corrected chi connectivity index (χ3v) is 6.96. The van der Waals surface area contributed by atoms with Gasteiger partial charge < -0.3 is 9.84 Å². The summed E-state index contributed by atoms with van der Waals surface area (Å²) in [4.78, 5) is 0. The zero-order chi connectivity index (χ0) is 22.4. The Morgan fingerprint density at radius 2 is 1.18 bits per heavy atom. The van der Waals surface area contributed by atoms with Gasteiger partial charge in [0.15, 0.2) is 0 Å². The van der Waals surface area contributed by atoms with Crippen molar-refractivity contribution >= 4 is 10.8 Å². The lowest BCUT2D eigenvalue weighted by atomic mass is 9.66. The molecule has 0 radical (unpaired) electrons. The lowest BCUT2D eigenvalue weighted by Crippen LogP contribution is -2.29. The number of fused-ring (bicyclic) bond motifs is 4. The second-order valence-corrected chi connectivity index (χ2v) is 8.62. The summed E-state index contributed by atoms with van der Waals surface area (Å²) < 4.78 is 5.49. The van der Waals surface area contributed by atoms with E-state index in [0.717, 1.165) is 21.9 Å². The monoisotopic (exact) mass is 428 g/mol. The maximum absolute atomic E-state index is 11.1. The van der Waals surface area contributed by atoms with Crippen molar-refractivity contribution in [1.82, 2.24) is 0 Å². The Balaban J connectivity index is 1.85. The molecule has 0 saturated heterocycles. The summed E-state index contributed by atoms with van der Waals surface area (Å²) >= 11 is 0. The lowest BCUT2D eigenvalue weighted by Gasteiger charge is -2.35. The van der Waals surface area contributed by atoms with Gasteiger partial charge in [-0.15, -0.1) is 0 Å². The van der Waals surface area contributed by atoms with E-state index >= 15 is 0 Å². The van der Waals surface area contributed by atoms with Gasteiger partial charge in [-0.25, -0.2) is 0 Å². The molecule has 0 atom stereocenters. The smallest absolute Gasteiger partial charge is 0.128 e. The number of aromatic hydroxyl groups is 1. The predicted molar refractivity (Wildman–Crippen MR) is 134 cm³/mol. The third kappa shape index (κ3) is 2.71. The van der Waals surface area contributed by atoms with Crippen LogP contribution in [0, 0.1) is 0 Å². The van der Waals surface area contributed by atoms with Crippen molar-refractivity contribution in [2.24, 2.45) is 0 Å². The van der Waals surface area contributed by atoms with Gasteiger partial charge in [-0.05, 0) is 44.8 Å². The summed E-state index contributed by atoms with van der Waals surface area (Å²) in [5, 5.41) is 13.0. The van der Waals surface area contributed by atoms with Crippen LogP contribution in [-0.2, 0) is 16.8 Å². The second kappa shape index (κ2) is 7.61. The van der Waals surface area contributed by atoms with Gasteiger partial charge in [-0.3, -0.25) is 0 Å². The van der Waals surface area contributed by atoms with Gasteiger partial charge in [0.1, 0.15) is 5.75 Å². The van der Waals surface area contributed by atoms with Crippen molar-refractivity contribution in [2.45, 2.75) is 12.0 Å². The SMILES string of the molecule is COCc1cc(C2(c3ccccc3)c3ccccc3-c3ccccc32)c2ccccc2c1O. The molecule has 2 heteroatoms. The molecule has 0 spiro atoms. The van der Waals surface area contributed by atoms with E-state index in [4.69, 9.17) is 4.74 Å².